The van der Waals surface area contributed by atoms with E-state index in [1.54, 1.807) is 0 Å². The number of aliphatic hydroxyl groups is 1. The first kappa shape index (κ1) is 11.5. The van der Waals surface area contributed by atoms with E-state index in [0.717, 1.165) is 19.5 Å². The van der Waals surface area contributed by atoms with Crippen LogP contribution in [-0.2, 0) is 6.42 Å². The van der Waals surface area contributed by atoms with Crippen LogP contribution in [0, 0.1) is 5.92 Å². The van der Waals surface area contributed by atoms with Crippen LogP contribution >= 0.6 is 12.4 Å². The second-order valence-corrected chi connectivity index (χ2v) is 3.68. The third-order valence-electron chi connectivity index (χ3n) is 2.64. The molecule has 78 valence electrons. The number of hydrogen-bond donors (Lipinski definition) is 2. The van der Waals surface area contributed by atoms with Gasteiger partial charge < -0.3 is 10.4 Å². The Morgan fingerprint density at radius 2 is 1.93 bits per heavy atom. The van der Waals surface area contributed by atoms with Crippen molar-refractivity contribution in [2.24, 2.45) is 5.92 Å². The molecule has 1 fully saturated rings. The average Bonchev–Trinajstić information content (AvgIpc) is 2.54. The van der Waals surface area contributed by atoms with Crippen LogP contribution in [0.5, 0.6) is 0 Å². The predicted octanol–water partition coefficient (Wildman–Crippen LogP) is 1.23. The normalized spacial score (nSPS) is 25.8. The van der Waals surface area contributed by atoms with E-state index in [9.17, 15) is 5.11 Å². The zero-order valence-corrected chi connectivity index (χ0v) is 8.83. The van der Waals surface area contributed by atoms with Crippen LogP contribution < -0.4 is 5.32 Å². The first-order chi connectivity index (χ1) is 6.36. The lowest BCUT2D eigenvalue weighted by Crippen LogP contribution is -2.19. The van der Waals surface area contributed by atoms with Crippen molar-refractivity contribution in [1.29, 1.82) is 0 Å². The Morgan fingerprint density at radius 3 is 2.50 bits per heavy atom. The molecular formula is C11H16ClNO. The minimum absolute atomic E-state index is 0. The molecule has 0 amide bonds. The lowest BCUT2D eigenvalue weighted by molar-refractivity contribution is 0.147. The molecule has 1 heterocycles. The smallest absolute Gasteiger partial charge is 0.0708 e. The summed E-state index contributed by atoms with van der Waals surface area (Å²) in [5.74, 6) is 0.391. The van der Waals surface area contributed by atoms with E-state index in [1.165, 1.54) is 5.56 Å². The summed E-state index contributed by atoms with van der Waals surface area (Å²) < 4.78 is 0. The van der Waals surface area contributed by atoms with E-state index in [1.807, 2.05) is 18.2 Å². The molecule has 1 saturated heterocycles. The van der Waals surface area contributed by atoms with E-state index < -0.39 is 0 Å². The van der Waals surface area contributed by atoms with Crippen LogP contribution in [0.3, 0.4) is 0 Å². The standard InChI is InChI=1S/C11H15NO.ClH/c13-11-8-12-7-10(11)6-9-4-2-1-3-5-9;/h1-5,10-13H,6-8H2;1H/t10-,11-;/m1./s1. The fraction of sp³-hybridized carbons (Fsp3) is 0.455. The van der Waals surface area contributed by atoms with Gasteiger partial charge in [0, 0.05) is 19.0 Å². The number of aliphatic hydroxyl groups excluding tert-OH is 1. The summed E-state index contributed by atoms with van der Waals surface area (Å²) in [5, 5.41) is 12.8. The van der Waals surface area contributed by atoms with Gasteiger partial charge in [-0.25, -0.2) is 0 Å². The first-order valence-electron chi connectivity index (χ1n) is 4.79. The van der Waals surface area contributed by atoms with Crippen LogP contribution in [0.2, 0.25) is 0 Å². The highest BCUT2D eigenvalue weighted by molar-refractivity contribution is 5.85. The largest absolute Gasteiger partial charge is 0.391 e. The number of halogens is 1. The maximum absolute atomic E-state index is 9.59. The van der Waals surface area contributed by atoms with Gasteiger partial charge in [-0.1, -0.05) is 30.3 Å². The fourth-order valence-electron chi connectivity index (χ4n) is 1.84. The molecule has 0 spiro atoms. The number of hydrogen-bond acceptors (Lipinski definition) is 2. The van der Waals surface area contributed by atoms with Gasteiger partial charge in [-0.2, -0.15) is 0 Å². The maximum Gasteiger partial charge on any atom is 0.0708 e. The lowest BCUT2D eigenvalue weighted by Gasteiger charge is -2.12. The van der Waals surface area contributed by atoms with Crippen molar-refractivity contribution in [3.63, 3.8) is 0 Å². The molecule has 0 radical (unpaired) electrons. The van der Waals surface area contributed by atoms with Crippen LogP contribution in [0.15, 0.2) is 30.3 Å². The Kier molecular flexibility index (Phi) is 4.39. The molecule has 2 N–H and O–H groups in total. The van der Waals surface area contributed by atoms with Gasteiger partial charge in [0.25, 0.3) is 0 Å². The first-order valence-corrected chi connectivity index (χ1v) is 4.79. The molecule has 0 saturated carbocycles. The van der Waals surface area contributed by atoms with Crippen molar-refractivity contribution in [1.82, 2.24) is 5.32 Å². The number of nitrogens with one attached hydrogen (secondary N) is 1. The van der Waals surface area contributed by atoms with Crippen LogP contribution in [0.4, 0.5) is 0 Å². The zero-order valence-electron chi connectivity index (χ0n) is 8.02. The molecule has 0 unspecified atom stereocenters. The molecular weight excluding hydrogens is 198 g/mol. The zero-order chi connectivity index (χ0) is 9.10. The van der Waals surface area contributed by atoms with Gasteiger partial charge >= 0.3 is 0 Å². The van der Waals surface area contributed by atoms with E-state index >= 15 is 0 Å². The van der Waals surface area contributed by atoms with Crippen LogP contribution in [0.25, 0.3) is 0 Å². The molecule has 1 aromatic rings. The molecule has 2 nitrogen and oxygen atoms in total. The molecule has 2 rings (SSSR count). The molecule has 1 aliphatic rings. The summed E-state index contributed by atoms with van der Waals surface area (Å²) in [7, 11) is 0. The van der Waals surface area contributed by atoms with Crippen molar-refractivity contribution in [2.75, 3.05) is 13.1 Å². The quantitative estimate of drug-likeness (QED) is 0.775. The highest BCUT2D eigenvalue weighted by Crippen LogP contribution is 2.15. The Bertz CT molecular complexity index is 265. The fourth-order valence-corrected chi connectivity index (χ4v) is 1.84. The van der Waals surface area contributed by atoms with Crippen molar-refractivity contribution in [3.8, 4) is 0 Å². The average molecular weight is 214 g/mol. The minimum Gasteiger partial charge on any atom is -0.391 e. The topological polar surface area (TPSA) is 32.3 Å². The van der Waals surface area contributed by atoms with Crippen LogP contribution in [0.1, 0.15) is 5.56 Å². The number of benzene rings is 1. The van der Waals surface area contributed by atoms with Crippen molar-refractivity contribution >= 4 is 12.4 Å². The number of rotatable bonds is 2. The van der Waals surface area contributed by atoms with Gasteiger partial charge in [-0.05, 0) is 12.0 Å². The Hall–Kier alpha value is -0.570. The summed E-state index contributed by atoms with van der Waals surface area (Å²) in [6.45, 7) is 1.69. The van der Waals surface area contributed by atoms with Gasteiger partial charge in [-0.15, -0.1) is 12.4 Å². The molecule has 0 aromatic heterocycles. The van der Waals surface area contributed by atoms with Gasteiger partial charge in [-0.3, -0.25) is 0 Å². The third kappa shape index (κ3) is 2.71. The second kappa shape index (κ2) is 5.35. The van der Waals surface area contributed by atoms with Gasteiger partial charge in [0.15, 0.2) is 0 Å². The second-order valence-electron chi connectivity index (χ2n) is 3.68. The van der Waals surface area contributed by atoms with Gasteiger partial charge in [0.05, 0.1) is 6.10 Å². The number of β-amino-alcohol motifs (C(OH)–C–C–N with tert-alkyl or cyclic N) is 1. The Morgan fingerprint density at radius 1 is 1.21 bits per heavy atom. The SMILES string of the molecule is Cl.O[C@@H]1CNC[C@H]1Cc1ccccc1. The van der Waals surface area contributed by atoms with Gasteiger partial charge in [0.1, 0.15) is 0 Å². The molecule has 0 aliphatic carbocycles. The molecule has 0 bridgehead atoms. The summed E-state index contributed by atoms with van der Waals surface area (Å²) in [5.41, 5.74) is 1.32. The molecule has 1 aliphatic heterocycles. The highest BCUT2D eigenvalue weighted by Gasteiger charge is 2.24. The minimum atomic E-state index is -0.166. The molecule has 1 aromatic carbocycles. The van der Waals surface area contributed by atoms with Gasteiger partial charge in [0.2, 0.25) is 0 Å². The third-order valence-corrected chi connectivity index (χ3v) is 2.64. The molecule has 3 heteroatoms. The van der Waals surface area contributed by atoms with E-state index in [0.29, 0.717) is 5.92 Å². The van der Waals surface area contributed by atoms with Crippen molar-refractivity contribution < 1.29 is 5.11 Å². The summed E-state index contributed by atoms with van der Waals surface area (Å²) in [6, 6.07) is 10.3. The van der Waals surface area contributed by atoms with Crippen molar-refractivity contribution in [3.05, 3.63) is 35.9 Å². The summed E-state index contributed by atoms with van der Waals surface area (Å²) >= 11 is 0. The summed E-state index contributed by atoms with van der Waals surface area (Å²) in [4.78, 5) is 0. The Balaban J connectivity index is 0.000000980. The monoisotopic (exact) mass is 213 g/mol. The molecule has 2 atom stereocenters. The molecule has 14 heavy (non-hydrogen) atoms. The summed E-state index contributed by atoms with van der Waals surface area (Å²) in [6.07, 6.45) is 0.815. The highest BCUT2D eigenvalue weighted by atomic mass is 35.5. The lowest BCUT2D eigenvalue weighted by atomic mass is 9.97. The van der Waals surface area contributed by atoms with Crippen molar-refractivity contribution in [2.45, 2.75) is 12.5 Å². The van der Waals surface area contributed by atoms with E-state index in [4.69, 9.17) is 0 Å². The maximum atomic E-state index is 9.59. The Labute approximate surface area is 90.7 Å². The predicted molar refractivity (Wildman–Crippen MR) is 59.8 cm³/mol. The van der Waals surface area contributed by atoms with E-state index in [2.05, 4.69) is 17.4 Å². The van der Waals surface area contributed by atoms with Crippen LogP contribution in [-0.4, -0.2) is 24.3 Å². The van der Waals surface area contributed by atoms with E-state index in [-0.39, 0.29) is 18.5 Å².